The summed E-state index contributed by atoms with van der Waals surface area (Å²) < 4.78 is 15.3. The summed E-state index contributed by atoms with van der Waals surface area (Å²) in [6, 6.07) is 19.0. The fourth-order valence-electron chi connectivity index (χ4n) is 3.18. The summed E-state index contributed by atoms with van der Waals surface area (Å²) in [4.78, 5) is 36.1. The van der Waals surface area contributed by atoms with Crippen LogP contribution in [0.4, 0.5) is 10.5 Å². The van der Waals surface area contributed by atoms with Crippen LogP contribution in [-0.2, 0) is 16.1 Å². The van der Waals surface area contributed by atoms with Gasteiger partial charge in [-0.1, -0.05) is 24.3 Å². The first-order valence-corrected chi connectivity index (χ1v) is 11.2. The van der Waals surface area contributed by atoms with Crippen LogP contribution in [-0.4, -0.2) is 31.2 Å². The fourth-order valence-corrected chi connectivity index (χ4v) is 3.18. The van der Waals surface area contributed by atoms with Gasteiger partial charge < -0.3 is 24.8 Å². The molecule has 0 aliphatic heterocycles. The molecule has 0 aromatic heterocycles. The van der Waals surface area contributed by atoms with Gasteiger partial charge in [-0.2, -0.15) is 0 Å². The quantitative estimate of drug-likeness (QED) is 0.340. The van der Waals surface area contributed by atoms with E-state index in [0.29, 0.717) is 17.0 Å². The summed E-state index contributed by atoms with van der Waals surface area (Å²) in [6.45, 7) is 5.99. The predicted octanol–water partition coefficient (Wildman–Crippen LogP) is 4.79. The molecule has 0 spiro atoms. The van der Waals surface area contributed by atoms with E-state index in [1.807, 2.05) is 38.1 Å². The van der Waals surface area contributed by atoms with Gasteiger partial charge >= 0.3 is 6.16 Å². The van der Waals surface area contributed by atoms with Crippen LogP contribution in [0, 0.1) is 13.8 Å². The highest BCUT2D eigenvalue weighted by Crippen LogP contribution is 2.20. The van der Waals surface area contributed by atoms with E-state index < -0.39 is 6.16 Å². The minimum atomic E-state index is -0.798. The third-order valence-corrected chi connectivity index (χ3v) is 5.16. The van der Waals surface area contributed by atoms with Crippen LogP contribution < -0.4 is 20.1 Å². The van der Waals surface area contributed by atoms with E-state index in [-0.39, 0.29) is 37.3 Å². The van der Waals surface area contributed by atoms with Crippen molar-refractivity contribution >= 4 is 23.7 Å². The largest absolute Gasteiger partial charge is 0.513 e. The van der Waals surface area contributed by atoms with Crippen molar-refractivity contribution in [3.63, 3.8) is 0 Å². The third-order valence-electron chi connectivity index (χ3n) is 5.16. The zero-order chi connectivity index (χ0) is 25.2. The Morgan fingerprint density at radius 1 is 0.914 bits per heavy atom. The standard InChI is InChI=1S/C27H28N2O6/c1-4-33-27(32)35-23-13-11-21(12-14-23)26(31)28-16-20-8-6-9-22(15-20)29-25(30)17-34-24-10-5-7-18(2)19(24)3/h5-15H,4,16-17H2,1-3H3,(H,28,31)(H,29,30). The summed E-state index contributed by atoms with van der Waals surface area (Å²) in [7, 11) is 0. The lowest BCUT2D eigenvalue weighted by molar-refractivity contribution is -0.118. The summed E-state index contributed by atoms with van der Waals surface area (Å²) in [5.41, 5.74) is 3.92. The molecule has 0 heterocycles. The average Bonchev–Trinajstić information content (AvgIpc) is 2.84. The maximum absolute atomic E-state index is 12.5. The first-order chi connectivity index (χ1) is 16.9. The van der Waals surface area contributed by atoms with Gasteiger partial charge in [-0.3, -0.25) is 9.59 Å². The number of aryl methyl sites for hydroxylation is 1. The van der Waals surface area contributed by atoms with Gasteiger partial charge in [-0.05, 0) is 79.9 Å². The van der Waals surface area contributed by atoms with E-state index in [0.717, 1.165) is 16.7 Å². The number of ether oxygens (including phenoxy) is 3. The fraction of sp³-hybridized carbons (Fsp3) is 0.222. The van der Waals surface area contributed by atoms with Gasteiger partial charge in [-0.25, -0.2) is 4.79 Å². The highest BCUT2D eigenvalue weighted by molar-refractivity contribution is 5.94. The molecule has 0 aliphatic carbocycles. The molecule has 2 N–H and O–H groups in total. The van der Waals surface area contributed by atoms with Crippen LogP contribution in [0.5, 0.6) is 11.5 Å². The molecule has 3 rings (SSSR count). The van der Waals surface area contributed by atoms with Crippen molar-refractivity contribution in [2.45, 2.75) is 27.3 Å². The van der Waals surface area contributed by atoms with Crippen molar-refractivity contribution in [2.75, 3.05) is 18.5 Å². The summed E-state index contributed by atoms with van der Waals surface area (Å²) in [5, 5.41) is 5.63. The Balaban J connectivity index is 1.50. The number of hydrogen-bond acceptors (Lipinski definition) is 6. The number of carbonyl (C=O) groups excluding carboxylic acids is 3. The highest BCUT2D eigenvalue weighted by atomic mass is 16.7. The Morgan fingerprint density at radius 3 is 2.40 bits per heavy atom. The zero-order valence-electron chi connectivity index (χ0n) is 19.9. The van der Waals surface area contributed by atoms with Gasteiger partial charge in [0.1, 0.15) is 11.5 Å². The van der Waals surface area contributed by atoms with Crippen molar-refractivity contribution in [1.29, 1.82) is 0 Å². The SMILES string of the molecule is CCOC(=O)Oc1ccc(C(=O)NCc2cccc(NC(=O)COc3cccc(C)c3C)c2)cc1. The lowest BCUT2D eigenvalue weighted by atomic mass is 10.1. The van der Waals surface area contributed by atoms with E-state index in [9.17, 15) is 14.4 Å². The molecule has 3 aromatic rings. The van der Waals surface area contributed by atoms with Gasteiger partial charge in [0.25, 0.3) is 11.8 Å². The van der Waals surface area contributed by atoms with Gasteiger partial charge in [-0.15, -0.1) is 0 Å². The van der Waals surface area contributed by atoms with Crippen LogP contribution >= 0.6 is 0 Å². The second-order valence-corrected chi connectivity index (χ2v) is 7.73. The van der Waals surface area contributed by atoms with Crippen LogP contribution in [0.15, 0.2) is 66.7 Å². The number of benzene rings is 3. The number of hydrogen-bond donors (Lipinski definition) is 2. The molecule has 8 nitrogen and oxygen atoms in total. The van der Waals surface area contributed by atoms with E-state index in [1.165, 1.54) is 12.1 Å². The van der Waals surface area contributed by atoms with E-state index in [1.54, 1.807) is 37.3 Å². The van der Waals surface area contributed by atoms with Crippen molar-refractivity contribution in [1.82, 2.24) is 5.32 Å². The van der Waals surface area contributed by atoms with Crippen LogP contribution in [0.25, 0.3) is 0 Å². The Labute approximate surface area is 204 Å². The number of carbonyl (C=O) groups is 3. The molecule has 182 valence electrons. The maximum atomic E-state index is 12.5. The number of amides is 2. The van der Waals surface area contributed by atoms with Gasteiger partial charge in [0.05, 0.1) is 6.61 Å². The molecule has 2 amide bonds. The molecule has 0 aliphatic rings. The van der Waals surface area contributed by atoms with E-state index in [2.05, 4.69) is 10.6 Å². The molecule has 0 radical (unpaired) electrons. The molecular formula is C27H28N2O6. The Kier molecular flexibility index (Phi) is 8.83. The average molecular weight is 477 g/mol. The lowest BCUT2D eigenvalue weighted by Gasteiger charge is -2.12. The molecule has 0 saturated heterocycles. The first-order valence-electron chi connectivity index (χ1n) is 11.2. The number of anilines is 1. The monoisotopic (exact) mass is 476 g/mol. The summed E-state index contributed by atoms with van der Waals surface area (Å²) in [5.74, 6) is 0.392. The molecule has 3 aromatic carbocycles. The highest BCUT2D eigenvalue weighted by Gasteiger charge is 2.10. The second-order valence-electron chi connectivity index (χ2n) is 7.73. The number of nitrogens with one attached hydrogen (secondary N) is 2. The van der Waals surface area contributed by atoms with Crippen LogP contribution in [0.2, 0.25) is 0 Å². The first kappa shape index (κ1) is 25.3. The summed E-state index contributed by atoms with van der Waals surface area (Å²) in [6.07, 6.45) is -0.798. The second kappa shape index (κ2) is 12.2. The summed E-state index contributed by atoms with van der Waals surface area (Å²) >= 11 is 0. The van der Waals surface area contributed by atoms with Gasteiger partial charge in [0, 0.05) is 17.8 Å². The van der Waals surface area contributed by atoms with E-state index in [4.69, 9.17) is 14.2 Å². The predicted molar refractivity (Wildman–Crippen MR) is 132 cm³/mol. The van der Waals surface area contributed by atoms with Gasteiger partial charge in [0.2, 0.25) is 0 Å². The van der Waals surface area contributed by atoms with Crippen LogP contribution in [0.1, 0.15) is 34.0 Å². The molecule has 8 heteroatoms. The maximum Gasteiger partial charge on any atom is 0.513 e. The third kappa shape index (κ3) is 7.60. The Bertz CT molecular complexity index is 1190. The smallest absolute Gasteiger partial charge is 0.483 e. The Hall–Kier alpha value is -4.33. The van der Waals surface area contributed by atoms with Crippen LogP contribution in [0.3, 0.4) is 0 Å². The molecule has 0 atom stereocenters. The van der Waals surface area contributed by atoms with Gasteiger partial charge in [0.15, 0.2) is 6.61 Å². The molecule has 0 bridgehead atoms. The Morgan fingerprint density at radius 2 is 1.66 bits per heavy atom. The van der Waals surface area contributed by atoms with Crippen molar-refractivity contribution in [3.8, 4) is 11.5 Å². The van der Waals surface area contributed by atoms with E-state index >= 15 is 0 Å². The van der Waals surface area contributed by atoms with Crippen molar-refractivity contribution in [3.05, 3.63) is 89.0 Å². The van der Waals surface area contributed by atoms with Crippen molar-refractivity contribution < 1.29 is 28.6 Å². The minimum Gasteiger partial charge on any atom is -0.483 e. The number of rotatable bonds is 9. The molecule has 0 saturated carbocycles. The zero-order valence-corrected chi connectivity index (χ0v) is 19.9. The molecule has 0 fully saturated rings. The molecule has 0 unspecified atom stereocenters. The molecule has 35 heavy (non-hydrogen) atoms. The van der Waals surface area contributed by atoms with Crippen molar-refractivity contribution in [2.24, 2.45) is 0 Å². The minimum absolute atomic E-state index is 0.110. The normalized spacial score (nSPS) is 10.3. The lowest BCUT2D eigenvalue weighted by Crippen LogP contribution is -2.23. The molecular weight excluding hydrogens is 448 g/mol. The topological polar surface area (TPSA) is 103 Å².